The second kappa shape index (κ2) is 26.0. The summed E-state index contributed by atoms with van der Waals surface area (Å²) < 4.78 is 27.7. The van der Waals surface area contributed by atoms with Crippen LogP contribution in [0.1, 0.15) is 18.2 Å². The molecule has 10 nitrogen and oxygen atoms in total. The number of nitrogens with zero attached hydrogens (tertiary/aromatic N) is 6. The van der Waals surface area contributed by atoms with E-state index in [1.807, 2.05) is 54.6 Å². The Kier molecular flexibility index (Phi) is 14.6. The Balaban J connectivity index is 0.610. The summed E-state index contributed by atoms with van der Waals surface area (Å²) in [6, 6.07) is 117. The zero-order valence-corrected chi connectivity index (χ0v) is 62.2. The van der Waals surface area contributed by atoms with E-state index in [2.05, 4.69) is 303 Å². The number of furan rings is 4. The summed E-state index contributed by atoms with van der Waals surface area (Å²) in [6.45, 7) is 0. The summed E-state index contributed by atoms with van der Waals surface area (Å²) in [5, 5.41) is 16.9. The second-order valence-electron chi connectivity index (χ2n) is 30.1. The number of rotatable bonds is 11. The topological polar surface area (TPSA) is 130 Å². The highest BCUT2D eigenvalue weighted by atomic mass is 16.3. The van der Waals surface area contributed by atoms with Gasteiger partial charge in [0.1, 0.15) is 50.5 Å². The van der Waals surface area contributed by atoms with Gasteiger partial charge in [-0.25, -0.2) is 29.9 Å². The first-order valence-electron chi connectivity index (χ1n) is 39.2. The maximum Gasteiger partial charge on any atom is 0.167 e. The molecule has 0 radical (unpaired) electrons. The van der Waals surface area contributed by atoms with Crippen LogP contribution >= 0.6 is 0 Å². The molecular formula is C106H62N6O4. The van der Waals surface area contributed by atoms with Gasteiger partial charge in [-0.2, -0.15) is 0 Å². The number of hydrogen-bond acceptors (Lipinski definition) is 10. The fraction of sp³-hybridized carbons (Fsp3) is 0.0189. The van der Waals surface area contributed by atoms with Crippen molar-refractivity contribution >= 4 is 131 Å². The van der Waals surface area contributed by atoms with E-state index in [1.54, 1.807) is 0 Å². The minimum Gasteiger partial charge on any atom is -0.455 e. The van der Waals surface area contributed by atoms with Crippen LogP contribution in [0.5, 0.6) is 0 Å². The van der Waals surface area contributed by atoms with Crippen LogP contribution in [0, 0.1) is 0 Å². The van der Waals surface area contributed by atoms with E-state index in [-0.39, 0.29) is 5.92 Å². The van der Waals surface area contributed by atoms with Gasteiger partial charge in [0.15, 0.2) is 29.1 Å². The molecule has 24 rings (SSSR count). The minimum absolute atomic E-state index is 0.0345. The molecule has 23 aromatic rings. The lowest BCUT2D eigenvalue weighted by atomic mass is 9.88. The largest absolute Gasteiger partial charge is 0.455 e. The van der Waals surface area contributed by atoms with Crippen molar-refractivity contribution in [3.8, 4) is 113 Å². The van der Waals surface area contributed by atoms with Crippen LogP contribution in [0.2, 0.25) is 0 Å². The Hall–Kier alpha value is -15.5. The molecule has 1 unspecified atom stereocenters. The van der Waals surface area contributed by atoms with Gasteiger partial charge in [0.05, 0.1) is 11.1 Å². The maximum atomic E-state index is 7.19. The quantitative estimate of drug-likeness (QED) is 0.123. The zero-order chi connectivity index (χ0) is 76.1. The number of benzene rings is 17. The van der Waals surface area contributed by atoms with Gasteiger partial charge in [0.2, 0.25) is 0 Å². The van der Waals surface area contributed by atoms with Crippen LogP contribution in [-0.4, -0.2) is 29.9 Å². The van der Waals surface area contributed by atoms with E-state index < -0.39 is 0 Å². The van der Waals surface area contributed by atoms with E-state index in [9.17, 15) is 0 Å². The highest BCUT2D eigenvalue weighted by Crippen LogP contribution is 2.50. The highest BCUT2D eigenvalue weighted by molar-refractivity contribution is 6.22. The lowest BCUT2D eigenvalue weighted by Gasteiger charge is -2.17. The molecule has 6 heterocycles. The van der Waals surface area contributed by atoms with Gasteiger partial charge >= 0.3 is 0 Å². The lowest BCUT2D eigenvalue weighted by molar-refractivity contribution is 0.669. The van der Waals surface area contributed by atoms with E-state index in [0.29, 0.717) is 40.5 Å². The van der Waals surface area contributed by atoms with Crippen LogP contribution in [0.3, 0.4) is 0 Å². The number of hydrogen-bond donors (Lipinski definition) is 0. The highest BCUT2D eigenvalue weighted by Gasteiger charge is 2.28. The average Bonchev–Trinajstić information content (AvgIpc) is 1.58. The summed E-state index contributed by atoms with van der Waals surface area (Å²) in [4.78, 5) is 32.0. The number of allylic oxidation sites excluding steroid dienone is 4. The standard InChI is InChI=1S/C106H62N6O4/c1-3-24-62(25-4-1)101-107-104(111-105(109-101)87-42-20-39-80-77-35-15-17-44-91(77)113-98(80)87)84-55-51-76(72-32-12-14-34-74(72)84)79-52-53-82(100-96(79)85-36-16-18-45-92(85)115-100)89-60-68(58-66-29-9-10-30-69(66)89)65-49-56-93-90(59-65)81-40-21-43-88(99(81)114-93)106-110-102(63-26-5-2-6-27-63)108-103(112-106)83-54-50-75(71-31-11-13-33-73(71)83)78-38-22-46-94-95(78)86-41-19-37-70(97(86)116-94)67-48-47-61-23-7-8-28-64(61)57-67/h1-24,26-60,62H,25H2. The molecule has 6 aromatic heterocycles. The van der Waals surface area contributed by atoms with Crippen molar-refractivity contribution in [3.63, 3.8) is 0 Å². The third-order valence-corrected chi connectivity index (χ3v) is 23.5. The maximum absolute atomic E-state index is 7.19. The fourth-order valence-corrected chi connectivity index (χ4v) is 18.1. The van der Waals surface area contributed by atoms with Gasteiger partial charge in [-0.1, -0.05) is 279 Å². The molecule has 0 spiro atoms. The third-order valence-electron chi connectivity index (χ3n) is 23.5. The first-order valence-corrected chi connectivity index (χ1v) is 39.2. The van der Waals surface area contributed by atoms with E-state index in [4.69, 9.17) is 47.6 Å². The van der Waals surface area contributed by atoms with Crippen molar-refractivity contribution in [2.75, 3.05) is 0 Å². The zero-order valence-electron chi connectivity index (χ0n) is 62.2. The summed E-state index contributed by atoms with van der Waals surface area (Å²) >= 11 is 0. The first-order chi connectivity index (χ1) is 57.5. The van der Waals surface area contributed by atoms with Crippen molar-refractivity contribution in [2.45, 2.75) is 12.3 Å². The summed E-state index contributed by atoms with van der Waals surface area (Å²) in [5.41, 5.74) is 21.0. The van der Waals surface area contributed by atoms with Gasteiger partial charge in [-0.3, -0.25) is 0 Å². The van der Waals surface area contributed by atoms with E-state index in [1.165, 1.54) is 10.8 Å². The number of fused-ring (bicyclic) bond motifs is 16. The molecule has 540 valence electrons. The first kappa shape index (κ1) is 65.2. The van der Waals surface area contributed by atoms with Crippen molar-refractivity contribution in [1.82, 2.24) is 29.9 Å². The predicted molar refractivity (Wildman–Crippen MR) is 472 cm³/mol. The lowest BCUT2D eigenvalue weighted by Crippen LogP contribution is -2.08. The molecule has 0 N–H and O–H groups in total. The fourth-order valence-electron chi connectivity index (χ4n) is 18.1. The molecule has 17 aromatic carbocycles. The van der Waals surface area contributed by atoms with Gasteiger partial charge in [-0.05, 0) is 173 Å². The van der Waals surface area contributed by atoms with Crippen molar-refractivity contribution in [2.24, 2.45) is 0 Å². The number of aromatic nitrogens is 6. The number of para-hydroxylation sites is 5. The van der Waals surface area contributed by atoms with Gasteiger partial charge in [-0.15, -0.1) is 0 Å². The molecule has 0 aliphatic heterocycles. The van der Waals surface area contributed by atoms with Gasteiger partial charge in [0, 0.05) is 76.8 Å². The molecule has 116 heavy (non-hydrogen) atoms. The molecule has 0 saturated carbocycles. The summed E-state index contributed by atoms with van der Waals surface area (Å²) in [6.07, 6.45) is 9.29. The SMILES string of the molecule is C1=CCC(c2nc(-c3ccc(-c4ccc(-c5cc(-c6ccc7oc8c(-c9nc(-c%10ccccc%10)nc(-c%10ccc(-c%11cccc%12oc%13c(-c%14ccc%15ccccc%15c%14)cccc%13c%11%12)c%11ccccc%10%11)n9)cccc8c7c6)cc6ccccc56)c5oc6ccccc6c45)c4ccccc34)nc(-c3cccc4c3oc3ccccc34)n2)C=C1. The Morgan fingerprint density at radius 3 is 1.40 bits per heavy atom. The van der Waals surface area contributed by atoms with Gasteiger partial charge < -0.3 is 17.7 Å². The van der Waals surface area contributed by atoms with E-state index >= 15 is 0 Å². The Morgan fingerprint density at radius 1 is 0.216 bits per heavy atom. The van der Waals surface area contributed by atoms with Crippen molar-refractivity contribution in [3.05, 3.63) is 364 Å². The summed E-state index contributed by atoms with van der Waals surface area (Å²) in [7, 11) is 0. The van der Waals surface area contributed by atoms with Crippen LogP contribution < -0.4 is 0 Å². The van der Waals surface area contributed by atoms with Crippen LogP contribution in [0.15, 0.2) is 376 Å². The third kappa shape index (κ3) is 10.4. The molecule has 0 bridgehead atoms. The Bertz CT molecular complexity index is 8160. The molecule has 1 aliphatic carbocycles. The monoisotopic (exact) mass is 1480 g/mol. The molecule has 10 heteroatoms. The molecule has 0 fully saturated rings. The smallest absolute Gasteiger partial charge is 0.167 e. The molecule has 1 atom stereocenters. The normalized spacial score (nSPS) is 13.2. The predicted octanol–water partition coefficient (Wildman–Crippen LogP) is 28.5. The minimum atomic E-state index is -0.0345. The Labute approximate surface area is 662 Å². The van der Waals surface area contributed by atoms with Gasteiger partial charge in [0.25, 0.3) is 0 Å². The van der Waals surface area contributed by atoms with Crippen molar-refractivity contribution < 1.29 is 17.7 Å². The average molecular weight is 1480 g/mol. The van der Waals surface area contributed by atoms with E-state index in [0.717, 1.165) is 204 Å². The molecule has 0 amide bonds. The van der Waals surface area contributed by atoms with Crippen LogP contribution in [0.25, 0.3) is 243 Å². The summed E-state index contributed by atoms with van der Waals surface area (Å²) in [5.74, 6) is 3.43. The molecule has 0 saturated heterocycles. The van der Waals surface area contributed by atoms with Crippen LogP contribution in [0.4, 0.5) is 0 Å². The molecular weight excluding hydrogens is 1420 g/mol. The van der Waals surface area contributed by atoms with Crippen molar-refractivity contribution in [1.29, 1.82) is 0 Å². The molecule has 1 aliphatic rings. The Morgan fingerprint density at radius 2 is 0.681 bits per heavy atom. The second-order valence-corrected chi connectivity index (χ2v) is 30.1. The van der Waals surface area contributed by atoms with Crippen LogP contribution in [-0.2, 0) is 0 Å².